The van der Waals surface area contributed by atoms with Crippen LogP contribution in [0.15, 0.2) is 4.90 Å². The first-order valence-corrected chi connectivity index (χ1v) is 9.77. The molecular formula is C15H18Cl5NS. The first-order valence-electron chi connectivity index (χ1n) is 7.06. The summed E-state index contributed by atoms with van der Waals surface area (Å²) >= 11 is 32.2. The Labute approximate surface area is 161 Å². The number of hydrogen-bond donors (Lipinski definition) is 1. The molecule has 0 aliphatic heterocycles. The van der Waals surface area contributed by atoms with Crippen molar-refractivity contribution in [1.29, 1.82) is 0 Å². The lowest BCUT2D eigenvalue weighted by Gasteiger charge is -2.48. The van der Waals surface area contributed by atoms with E-state index in [0.29, 0.717) is 14.9 Å². The van der Waals surface area contributed by atoms with Gasteiger partial charge in [-0.05, 0) is 37.1 Å². The molecule has 124 valence electrons. The van der Waals surface area contributed by atoms with Gasteiger partial charge in [0.05, 0.1) is 30.0 Å². The van der Waals surface area contributed by atoms with Crippen molar-refractivity contribution in [1.82, 2.24) is 4.72 Å². The Bertz CT molecular complexity index is 561. The molecule has 1 aliphatic rings. The standard InChI is InChI=1S/C15H18Cl5NS/c1-14(2)6-4-5-7-15(14,3)21-22-13-11(19)9(17)8(16)10(18)12(13)20/h21H,4-7H2,1-3H3. The van der Waals surface area contributed by atoms with Gasteiger partial charge in [0.1, 0.15) is 0 Å². The molecule has 0 saturated heterocycles. The summed E-state index contributed by atoms with van der Waals surface area (Å²) in [6.45, 7) is 6.80. The Morgan fingerprint density at radius 1 is 0.773 bits per heavy atom. The fraction of sp³-hybridized carbons (Fsp3) is 0.600. The second-order valence-corrected chi connectivity index (χ2v) is 9.23. The Hall–Kier alpha value is 0.980. The highest BCUT2D eigenvalue weighted by Crippen LogP contribution is 2.50. The zero-order chi connectivity index (χ0) is 16.7. The fourth-order valence-electron chi connectivity index (χ4n) is 2.69. The van der Waals surface area contributed by atoms with E-state index in [1.165, 1.54) is 31.2 Å². The third-order valence-corrected chi connectivity index (χ3v) is 8.44. The number of rotatable bonds is 3. The van der Waals surface area contributed by atoms with Crippen molar-refractivity contribution in [3.05, 3.63) is 25.1 Å². The van der Waals surface area contributed by atoms with Crippen molar-refractivity contribution in [2.24, 2.45) is 5.41 Å². The Kier molecular flexibility index (Phi) is 6.21. The molecule has 1 fully saturated rings. The Morgan fingerprint density at radius 3 is 1.73 bits per heavy atom. The highest BCUT2D eigenvalue weighted by molar-refractivity contribution is 7.97. The minimum atomic E-state index is -0.0266. The van der Waals surface area contributed by atoms with Gasteiger partial charge in [-0.25, -0.2) is 0 Å². The van der Waals surface area contributed by atoms with Gasteiger partial charge in [0.2, 0.25) is 0 Å². The van der Waals surface area contributed by atoms with Gasteiger partial charge in [0.25, 0.3) is 0 Å². The van der Waals surface area contributed by atoms with Crippen molar-refractivity contribution >= 4 is 70.0 Å². The van der Waals surface area contributed by atoms with E-state index in [0.717, 1.165) is 6.42 Å². The lowest BCUT2D eigenvalue weighted by atomic mass is 9.65. The van der Waals surface area contributed by atoms with Crippen LogP contribution < -0.4 is 4.72 Å². The SMILES string of the molecule is CC1(C)CCCCC1(C)NSc1c(Cl)c(Cl)c(Cl)c(Cl)c1Cl. The fourth-order valence-corrected chi connectivity index (χ4v) is 5.26. The molecule has 1 aromatic carbocycles. The maximum atomic E-state index is 6.29. The zero-order valence-electron chi connectivity index (χ0n) is 12.6. The summed E-state index contributed by atoms with van der Waals surface area (Å²) in [6, 6.07) is 0. The van der Waals surface area contributed by atoms with Crippen LogP contribution in [0.3, 0.4) is 0 Å². The van der Waals surface area contributed by atoms with Gasteiger partial charge in [0.15, 0.2) is 0 Å². The summed E-state index contributed by atoms with van der Waals surface area (Å²) in [6.07, 6.45) is 4.74. The predicted octanol–water partition coefficient (Wildman–Crippen LogP) is 7.91. The maximum Gasteiger partial charge on any atom is 0.0809 e. The van der Waals surface area contributed by atoms with Crippen LogP contribution in [0, 0.1) is 5.41 Å². The van der Waals surface area contributed by atoms with Gasteiger partial charge in [-0.15, -0.1) is 0 Å². The van der Waals surface area contributed by atoms with Crippen LogP contribution in [-0.2, 0) is 0 Å². The molecule has 1 aliphatic carbocycles. The summed E-state index contributed by atoms with van der Waals surface area (Å²) in [5.41, 5.74) is 0.151. The molecule has 0 radical (unpaired) electrons. The zero-order valence-corrected chi connectivity index (χ0v) is 17.2. The van der Waals surface area contributed by atoms with Crippen LogP contribution in [0.1, 0.15) is 46.5 Å². The molecular weight excluding hydrogens is 404 g/mol. The van der Waals surface area contributed by atoms with Crippen LogP contribution in [0.5, 0.6) is 0 Å². The van der Waals surface area contributed by atoms with Crippen molar-refractivity contribution in [2.75, 3.05) is 0 Å². The smallest absolute Gasteiger partial charge is 0.0809 e. The molecule has 1 atom stereocenters. The average molecular weight is 422 g/mol. The monoisotopic (exact) mass is 419 g/mol. The number of nitrogens with one attached hydrogen (secondary N) is 1. The molecule has 1 unspecified atom stereocenters. The Morgan fingerprint density at radius 2 is 1.23 bits per heavy atom. The van der Waals surface area contributed by atoms with Crippen LogP contribution in [0.4, 0.5) is 0 Å². The minimum absolute atomic E-state index is 0.0266. The van der Waals surface area contributed by atoms with E-state index in [2.05, 4.69) is 25.5 Å². The summed E-state index contributed by atoms with van der Waals surface area (Å²) < 4.78 is 3.55. The number of benzene rings is 1. The van der Waals surface area contributed by atoms with Crippen LogP contribution in [-0.4, -0.2) is 5.54 Å². The number of halogens is 5. The van der Waals surface area contributed by atoms with E-state index in [9.17, 15) is 0 Å². The van der Waals surface area contributed by atoms with Gasteiger partial charge in [-0.2, -0.15) is 0 Å². The molecule has 22 heavy (non-hydrogen) atoms. The van der Waals surface area contributed by atoms with Crippen LogP contribution in [0.2, 0.25) is 25.1 Å². The average Bonchev–Trinajstić information content (AvgIpc) is 2.46. The minimum Gasteiger partial charge on any atom is -0.253 e. The maximum absolute atomic E-state index is 6.29. The molecule has 1 nitrogen and oxygen atoms in total. The van der Waals surface area contributed by atoms with E-state index in [4.69, 9.17) is 58.0 Å². The van der Waals surface area contributed by atoms with Gasteiger partial charge in [-0.3, -0.25) is 4.72 Å². The quantitative estimate of drug-likeness (QED) is 0.302. The van der Waals surface area contributed by atoms with Crippen molar-refractivity contribution in [3.63, 3.8) is 0 Å². The number of hydrogen-bond acceptors (Lipinski definition) is 2. The largest absolute Gasteiger partial charge is 0.253 e. The Balaban J connectivity index is 2.29. The summed E-state index contributed by atoms with van der Waals surface area (Å²) in [7, 11) is 0. The van der Waals surface area contributed by atoms with E-state index in [-0.39, 0.29) is 26.0 Å². The summed E-state index contributed by atoms with van der Waals surface area (Å²) in [4.78, 5) is 0.616. The lowest BCUT2D eigenvalue weighted by molar-refractivity contribution is 0.103. The lowest BCUT2D eigenvalue weighted by Crippen LogP contribution is -2.52. The van der Waals surface area contributed by atoms with Crippen LogP contribution >= 0.6 is 70.0 Å². The topological polar surface area (TPSA) is 12.0 Å². The van der Waals surface area contributed by atoms with E-state index >= 15 is 0 Å². The first-order chi connectivity index (χ1) is 10.1. The van der Waals surface area contributed by atoms with Crippen molar-refractivity contribution in [3.8, 4) is 0 Å². The second kappa shape index (κ2) is 7.07. The molecule has 1 N–H and O–H groups in total. The van der Waals surface area contributed by atoms with Crippen LogP contribution in [0.25, 0.3) is 0 Å². The first kappa shape index (κ1) is 19.3. The summed E-state index contributed by atoms with van der Waals surface area (Å²) in [5.74, 6) is 0. The van der Waals surface area contributed by atoms with Gasteiger partial charge >= 0.3 is 0 Å². The highest BCUT2D eigenvalue weighted by Gasteiger charge is 2.43. The molecule has 0 heterocycles. The molecule has 1 saturated carbocycles. The second-order valence-electron chi connectivity index (χ2n) is 6.53. The molecule has 7 heteroatoms. The normalized spacial score (nSPS) is 24.5. The molecule has 0 bridgehead atoms. The molecule has 0 spiro atoms. The van der Waals surface area contributed by atoms with Gasteiger partial charge in [-0.1, -0.05) is 84.7 Å². The highest BCUT2D eigenvalue weighted by atomic mass is 35.5. The third kappa shape index (κ3) is 3.49. The van der Waals surface area contributed by atoms with E-state index in [1.54, 1.807) is 0 Å². The van der Waals surface area contributed by atoms with E-state index in [1.807, 2.05) is 0 Å². The molecule has 0 amide bonds. The third-order valence-electron chi connectivity index (χ3n) is 4.77. The van der Waals surface area contributed by atoms with Gasteiger partial charge < -0.3 is 0 Å². The van der Waals surface area contributed by atoms with Crippen molar-refractivity contribution in [2.45, 2.75) is 56.9 Å². The van der Waals surface area contributed by atoms with Crippen molar-refractivity contribution < 1.29 is 0 Å². The molecule has 2 rings (SSSR count). The molecule has 1 aromatic rings. The summed E-state index contributed by atoms with van der Waals surface area (Å²) in [5, 5.41) is 1.31. The molecule has 0 aromatic heterocycles. The predicted molar refractivity (Wildman–Crippen MR) is 101 cm³/mol. The van der Waals surface area contributed by atoms with E-state index < -0.39 is 0 Å². The van der Waals surface area contributed by atoms with Gasteiger partial charge in [0, 0.05) is 5.54 Å².